The minimum absolute atomic E-state index is 0.0275. The van der Waals surface area contributed by atoms with Crippen LogP contribution in [-0.4, -0.2) is 78.2 Å². The first kappa shape index (κ1) is 30.0. The number of hydrogen-bond acceptors (Lipinski definition) is 11. The predicted octanol–water partition coefficient (Wildman–Crippen LogP) is 3.94. The standard InChI is InChI=1S/C34H30O11/c35-16-27-30(40)31(41)32(42)34(45-27)44-26-12-18(2-1-17-3-7-21(36)8-4-17)11-25-29(26)28(20-13-23(38)15-24(39)14-20)33(43-25)19-5-9-22(37)10-6-19/h1-15,27,30-32,34-42H,16H2/t27-,30-,31+,32-,34-/m1/s1. The lowest BCUT2D eigenvalue weighted by molar-refractivity contribution is -0.277. The van der Waals surface area contributed by atoms with E-state index in [9.17, 15) is 40.9 Å². The normalized spacial score (nSPS) is 21.8. The Hall–Kier alpha value is -5.04. The van der Waals surface area contributed by atoms with Gasteiger partial charge in [0.05, 0.1) is 12.0 Å². The number of phenolic OH excluding ortho intramolecular Hbond substituents is 4. The van der Waals surface area contributed by atoms with Crippen LogP contribution >= 0.6 is 0 Å². The molecular weight excluding hydrogens is 584 g/mol. The average molecular weight is 615 g/mol. The topological polar surface area (TPSA) is 193 Å². The van der Waals surface area contributed by atoms with Crippen LogP contribution in [0.3, 0.4) is 0 Å². The Morgan fingerprint density at radius 3 is 1.91 bits per heavy atom. The van der Waals surface area contributed by atoms with Gasteiger partial charge in [0.2, 0.25) is 6.29 Å². The second kappa shape index (κ2) is 12.2. The summed E-state index contributed by atoms with van der Waals surface area (Å²) in [7, 11) is 0. The zero-order valence-electron chi connectivity index (χ0n) is 23.6. The van der Waals surface area contributed by atoms with E-state index in [1.54, 1.807) is 60.7 Å². The van der Waals surface area contributed by atoms with Crippen molar-refractivity contribution in [1.82, 2.24) is 0 Å². The third-order valence-corrected chi connectivity index (χ3v) is 7.55. The fourth-order valence-electron chi connectivity index (χ4n) is 5.30. The van der Waals surface area contributed by atoms with Crippen molar-refractivity contribution in [3.63, 3.8) is 0 Å². The molecule has 0 radical (unpaired) electrons. The molecule has 6 rings (SSSR count). The molecule has 1 aromatic heterocycles. The van der Waals surface area contributed by atoms with Gasteiger partial charge in [0.25, 0.3) is 0 Å². The van der Waals surface area contributed by atoms with Crippen LogP contribution in [0.4, 0.5) is 0 Å². The Bertz CT molecular complexity index is 1820. The van der Waals surface area contributed by atoms with Gasteiger partial charge in [-0.25, -0.2) is 0 Å². The van der Waals surface area contributed by atoms with Crippen LogP contribution in [0.25, 0.3) is 45.6 Å². The van der Waals surface area contributed by atoms with E-state index < -0.39 is 37.3 Å². The van der Waals surface area contributed by atoms with Crippen molar-refractivity contribution >= 4 is 23.1 Å². The van der Waals surface area contributed by atoms with E-state index in [4.69, 9.17) is 13.9 Å². The van der Waals surface area contributed by atoms with Crippen molar-refractivity contribution in [3.05, 3.63) is 90.0 Å². The van der Waals surface area contributed by atoms with Crippen LogP contribution in [0, 0.1) is 0 Å². The second-order valence-electron chi connectivity index (χ2n) is 10.7. The highest BCUT2D eigenvalue weighted by Gasteiger charge is 2.45. The number of aromatic hydroxyl groups is 4. The van der Waals surface area contributed by atoms with E-state index in [1.807, 2.05) is 0 Å². The Morgan fingerprint density at radius 1 is 0.644 bits per heavy atom. The molecule has 11 heteroatoms. The first-order chi connectivity index (χ1) is 21.6. The predicted molar refractivity (Wildman–Crippen MR) is 164 cm³/mol. The molecule has 0 aliphatic carbocycles. The highest BCUT2D eigenvalue weighted by Crippen LogP contribution is 2.47. The molecule has 1 aliphatic rings. The molecule has 45 heavy (non-hydrogen) atoms. The maximum absolute atomic E-state index is 10.8. The first-order valence-electron chi connectivity index (χ1n) is 14.0. The molecule has 232 valence electrons. The molecule has 5 atom stereocenters. The van der Waals surface area contributed by atoms with Crippen molar-refractivity contribution in [2.75, 3.05) is 6.61 Å². The van der Waals surface area contributed by atoms with E-state index in [0.29, 0.717) is 39.0 Å². The van der Waals surface area contributed by atoms with Gasteiger partial charge in [0, 0.05) is 17.2 Å². The van der Waals surface area contributed by atoms with Crippen LogP contribution in [0.15, 0.2) is 83.3 Å². The Kier molecular flexibility index (Phi) is 8.11. The van der Waals surface area contributed by atoms with Gasteiger partial charge in [-0.3, -0.25) is 0 Å². The number of furan rings is 1. The summed E-state index contributed by atoms with van der Waals surface area (Å²) >= 11 is 0. The highest BCUT2D eigenvalue weighted by molar-refractivity contribution is 6.06. The Labute approximate surface area is 256 Å². The first-order valence-corrected chi connectivity index (χ1v) is 14.0. The number of fused-ring (bicyclic) bond motifs is 1. The third-order valence-electron chi connectivity index (χ3n) is 7.55. The van der Waals surface area contributed by atoms with Crippen molar-refractivity contribution in [2.45, 2.75) is 30.7 Å². The van der Waals surface area contributed by atoms with Gasteiger partial charge in [-0.15, -0.1) is 0 Å². The van der Waals surface area contributed by atoms with Crippen molar-refractivity contribution in [3.8, 4) is 51.2 Å². The van der Waals surface area contributed by atoms with Gasteiger partial charge in [-0.1, -0.05) is 24.3 Å². The van der Waals surface area contributed by atoms with Gasteiger partial charge >= 0.3 is 0 Å². The molecule has 1 aliphatic heterocycles. The third kappa shape index (κ3) is 6.03. The minimum Gasteiger partial charge on any atom is -0.508 e. The lowest BCUT2D eigenvalue weighted by Gasteiger charge is -2.39. The number of phenols is 4. The summed E-state index contributed by atoms with van der Waals surface area (Å²) in [6, 6.07) is 20.1. The lowest BCUT2D eigenvalue weighted by atomic mass is 9.96. The zero-order chi connectivity index (χ0) is 31.8. The zero-order valence-corrected chi connectivity index (χ0v) is 23.6. The summed E-state index contributed by atoms with van der Waals surface area (Å²) in [5, 5.41) is 81.8. The molecule has 0 amide bonds. The molecule has 0 unspecified atom stereocenters. The minimum atomic E-state index is -1.70. The van der Waals surface area contributed by atoms with Crippen LogP contribution in [0.1, 0.15) is 11.1 Å². The molecule has 5 aromatic rings. The quantitative estimate of drug-likeness (QED) is 0.124. The number of rotatable bonds is 7. The second-order valence-corrected chi connectivity index (χ2v) is 10.7. The lowest BCUT2D eigenvalue weighted by Crippen LogP contribution is -2.60. The Balaban J connectivity index is 1.57. The monoisotopic (exact) mass is 614 g/mol. The van der Waals surface area contributed by atoms with Crippen molar-refractivity contribution < 1.29 is 54.7 Å². The average Bonchev–Trinajstić information content (AvgIpc) is 3.41. The number of ether oxygens (including phenoxy) is 2. The number of hydrogen-bond donors (Lipinski definition) is 8. The summed E-state index contributed by atoms with van der Waals surface area (Å²) in [5.41, 5.74) is 2.93. The number of benzene rings is 4. The van der Waals surface area contributed by atoms with Crippen LogP contribution < -0.4 is 4.74 Å². The summed E-state index contributed by atoms with van der Waals surface area (Å²) in [6.07, 6.45) is -4.19. The van der Waals surface area contributed by atoms with Crippen molar-refractivity contribution in [1.29, 1.82) is 0 Å². The van der Waals surface area contributed by atoms with Crippen LogP contribution in [0.2, 0.25) is 0 Å². The molecule has 11 nitrogen and oxygen atoms in total. The number of aliphatic hydroxyl groups excluding tert-OH is 4. The molecule has 4 aromatic carbocycles. The summed E-state index contributed by atoms with van der Waals surface area (Å²) < 4.78 is 18.2. The van der Waals surface area contributed by atoms with Gasteiger partial charge < -0.3 is 54.7 Å². The maximum Gasteiger partial charge on any atom is 0.229 e. The maximum atomic E-state index is 10.8. The Morgan fingerprint density at radius 2 is 1.27 bits per heavy atom. The smallest absolute Gasteiger partial charge is 0.229 e. The van der Waals surface area contributed by atoms with E-state index in [2.05, 4.69) is 0 Å². The highest BCUT2D eigenvalue weighted by atomic mass is 16.7. The van der Waals surface area contributed by atoms with E-state index in [1.165, 1.54) is 30.3 Å². The van der Waals surface area contributed by atoms with Gasteiger partial charge in [0.1, 0.15) is 64.5 Å². The van der Waals surface area contributed by atoms with E-state index >= 15 is 0 Å². The molecule has 1 saturated heterocycles. The largest absolute Gasteiger partial charge is 0.508 e. The fraction of sp³-hybridized carbons (Fsp3) is 0.176. The van der Waals surface area contributed by atoms with Gasteiger partial charge in [-0.2, -0.15) is 0 Å². The molecule has 1 fully saturated rings. The molecule has 0 spiro atoms. The van der Waals surface area contributed by atoms with Crippen LogP contribution in [-0.2, 0) is 4.74 Å². The summed E-state index contributed by atoms with van der Waals surface area (Å²) in [4.78, 5) is 0. The van der Waals surface area contributed by atoms with E-state index in [-0.39, 0.29) is 28.7 Å². The fourth-order valence-corrected chi connectivity index (χ4v) is 5.30. The van der Waals surface area contributed by atoms with Gasteiger partial charge in [-0.05, 0) is 77.4 Å². The molecular formula is C34H30O11. The summed E-state index contributed by atoms with van der Waals surface area (Å²) in [6.45, 7) is -0.653. The molecule has 8 N–H and O–H groups in total. The molecule has 0 bridgehead atoms. The van der Waals surface area contributed by atoms with Crippen molar-refractivity contribution in [2.24, 2.45) is 0 Å². The van der Waals surface area contributed by atoms with Gasteiger partial charge in [0.15, 0.2) is 0 Å². The molecule has 2 heterocycles. The SMILES string of the molecule is OC[C@H]1O[C@@H](Oc2cc(C=Cc3ccc(O)cc3)cc3oc(-c4ccc(O)cc4)c(-c4cc(O)cc(O)c4)c23)[C@H](O)[C@@H](O)[C@@H]1O. The molecule has 0 saturated carbocycles. The van der Waals surface area contributed by atoms with Crippen LogP contribution in [0.5, 0.6) is 28.7 Å². The number of aliphatic hydroxyl groups is 4. The summed E-state index contributed by atoms with van der Waals surface area (Å²) in [5.74, 6) is 0.107. The van der Waals surface area contributed by atoms with E-state index in [0.717, 1.165) is 5.56 Å².